The molecule has 1 aliphatic carbocycles. The van der Waals surface area contributed by atoms with E-state index in [-0.39, 0.29) is 17.7 Å². The first-order valence-electron chi connectivity index (χ1n) is 8.97. The molecule has 3 unspecified atom stereocenters. The number of nitrogens with zero attached hydrogens (tertiary/aromatic N) is 2. The van der Waals surface area contributed by atoms with Crippen molar-refractivity contribution >= 4 is 23.4 Å². The Balaban J connectivity index is 1.63. The van der Waals surface area contributed by atoms with Crippen molar-refractivity contribution in [2.75, 3.05) is 18.5 Å². The van der Waals surface area contributed by atoms with E-state index in [1.54, 1.807) is 22.9 Å². The lowest BCUT2D eigenvalue weighted by molar-refractivity contribution is -0.122. The Kier molecular flexibility index (Phi) is 3.78. The topological polar surface area (TPSA) is 83.7 Å². The predicted molar refractivity (Wildman–Crippen MR) is 93.0 cm³/mol. The highest BCUT2D eigenvalue weighted by molar-refractivity contribution is 6.00. The van der Waals surface area contributed by atoms with Crippen LogP contribution in [0.2, 0.25) is 0 Å². The fourth-order valence-electron chi connectivity index (χ4n) is 4.83. The van der Waals surface area contributed by atoms with E-state index in [1.807, 2.05) is 12.1 Å². The van der Waals surface area contributed by atoms with E-state index < -0.39 is 11.9 Å². The fraction of sp³-hybridized carbons (Fsp3) is 0.526. The molecule has 3 aliphatic rings. The molecule has 2 N–H and O–H groups in total. The summed E-state index contributed by atoms with van der Waals surface area (Å²) >= 11 is 0. The van der Waals surface area contributed by atoms with E-state index >= 15 is 0 Å². The quantitative estimate of drug-likeness (QED) is 0.880. The molecule has 1 saturated heterocycles. The maximum atomic E-state index is 13.1. The number of primary amides is 1. The van der Waals surface area contributed by atoms with Crippen LogP contribution in [-0.4, -0.2) is 42.3 Å². The zero-order chi connectivity index (χ0) is 17.7. The van der Waals surface area contributed by atoms with Crippen molar-refractivity contribution in [2.24, 2.45) is 17.6 Å². The van der Waals surface area contributed by atoms with Crippen molar-refractivity contribution in [1.82, 2.24) is 4.90 Å². The SMILES string of the molecule is CN1C(=O)CCc2cc(C(=O)N3CC4CCCC4C3C(N)=O)ccc21. The minimum absolute atomic E-state index is 0.0905. The summed E-state index contributed by atoms with van der Waals surface area (Å²) in [6.07, 6.45) is 4.25. The zero-order valence-corrected chi connectivity index (χ0v) is 14.4. The molecule has 3 amide bonds. The number of carbonyl (C=O) groups excluding carboxylic acids is 3. The number of fused-ring (bicyclic) bond motifs is 2. The van der Waals surface area contributed by atoms with E-state index in [2.05, 4.69) is 0 Å². The number of hydrogen-bond acceptors (Lipinski definition) is 3. The number of amides is 3. The van der Waals surface area contributed by atoms with Crippen molar-refractivity contribution in [3.63, 3.8) is 0 Å². The number of hydrogen-bond donors (Lipinski definition) is 1. The van der Waals surface area contributed by atoms with Gasteiger partial charge in [0.15, 0.2) is 0 Å². The Morgan fingerprint density at radius 1 is 1.20 bits per heavy atom. The first kappa shape index (κ1) is 16.1. The second-order valence-corrected chi connectivity index (χ2v) is 7.46. The summed E-state index contributed by atoms with van der Waals surface area (Å²) in [5, 5.41) is 0. The standard InChI is InChI=1S/C19H23N3O3/c1-21-15-7-5-12(9-11(15)6-8-16(21)23)19(25)22-10-13-3-2-4-14(13)17(22)18(20)24/h5,7,9,13-14,17H,2-4,6,8,10H2,1H3,(H2,20,24). The predicted octanol–water partition coefficient (Wildman–Crippen LogP) is 1.32. The van der Waals surface area contributed by atoms with E-state index in [1.165, 1.54) is 0 Å². The lowest BCUT2D eigenvalue weighted by Gasteiger charge is -2.28. The van der Waals surface area contributed by atoms with Gasteiger partial charge >= 0.3 is 0 Å². The van der Waals surface area contributed by atoms with E-state index in [4.69, 9.17) is 5.73 Å². The first-order valence-corrected chi connectivity index (χ1v) is 8.97. The van der Waals surface area contributed by atoms with Crippen LogP contribution in [0.5, 0.6) is 0 Å². The number of carbonyl (C=O) groups is 3. The Labute approximate surface area is 147 Å². The zero-order valence-electron chi connectivity index (χ0n) is 14.4. The van der Waals surface area contributed by atoms with Gasteiger partial charge < -0.3 is 15.5 Å². The molecule has 0 bridgehead atoms. The highest BCUT2D eigenvalue weighted by atomic mass is 16.2. The van der Waals surface area contributed by atoms with E-state index in [0.717, 1.165) is 30.5 Å². The van der Waals surface area contributed by atoms with Crippen molar-refractivity contribution in [1.29, 1.82) is 0 Å². The summed E-state index contributed by atoms with van der Waals surface area (Å²) in [5.41, 5.74) is 8.07. The average Bonchev–Trinajstić information content (AvgIpc) is 3.17. The Hall–Kier alpha value is -2.37. The summed E-state index contributed by atoms with van der Waals surface area (Å²) in [6.45, 7) is 0.618. The van der Waals surface area contributed by atoms with Gasteiger partial charge in [0, 0.05) is 31.3 Å². The molecule has 1 aromatic rings. The maximum absolute atomic E-state index is 13.1. The molecule has 25 heavy (non-hydrogen) atoms. The Morgan fingerprint density at radius 2 is 2.00 bits per heavy atom. The average molecular weight is 341 g/mol. The highest BCUT2D eigenvalue weighted by Crippen LogP contribution is 2.42. The van der Waals surface area contributed by atoms with Crippen LogP contribution in [-0.2, 0) is 16.0 Å². The van der Waals surface area contributed by atoms with Crippen LogP contribution in [0.4, 0.5) is 5.69 Å². The maximum Gasteiger partial charge on any atom is 0.254 e. The summed E-state index contributed by atoms with van der Waals surface area (Å²) in [5.74, 6) is 0.171. The van der Waals surface area contributed by atoms with Crippen molar-refractivity contribution in [3.05, 3.63) is 29.3 Å². The molecule has 6 heteroatoms. The van der Waals surface area contributed by atoms with Gasteiger partial charge in [-0.25, -0.2) is 0 Å². The van der Waals surface area contributed by atoms with Crippen LogP contribution in [0.15, 0.2) is 18.2 Å². The third-order valence-corrected chi connectivity index (χ3v) is 6.11. The molecular formula is C19H23N3O3. The molecule has 132 valence electrons. The van der Waals surface area contributed by atoms with Crippen molar-refractivity contribution in [3.8, 4) is 0 Å². The number of likely N-dealkylation sites (tertiary alicyclic amines) is 1. The minimum atomic E-state index is -0.486. The Morgan fingerprint density at radius 3 is 2.76 bits per heavy atom. The van der Waals surface area contributed by atoms with Gasteiger partial charge in [0.2, 0.25) is 11.8 Å². The third-order valence-electron chi connectivity index (χ3n) is 6.11. The van der Waals surface area contributed by atoms with Gasteiger partial charge in [-0.05, 0) is 54.9 Å². The molecule has 6 nitrogen and oxygen atoms in total. The number of benzene rings is 1. The van der Waals surface area contributed by atoms with Gasteiger partial charge in [-0.1, -0.05) is 6.42 Å². The lowest BCUT2D eigenvalue weighted by atomic mass is 9.93. The molecule has 0 radical (unpaired) electrons. The van der Waals surface area contributed by atoms with Crippen LogP contribution in [0, 0.1) is 11.8 Å². The van der Waals surface area contributed by atoms with E-state index in [9.17, 15) is 14.4 Å². The van der Waals surface area contributed by atoms with Crippen LogP contribution < -0.4 is 10.6 Å². The summed E-state index contributed by atoms with van der Waals surface area (Å²) in [7, 11) is 1.76. The van der Waals surface area contributed by atoms with Gasteiger partial charge in [-0.2, -0.15) is 0 Å². The van der Waals surface area contributed by atoms with Gasteiger partial charge in [0.25, 0.3) is 5.91 Å². The molecule has 0 spiro atoms. The smallest absolute Gasteiger partial charge is 0.254 e. The molecule has 3 atom stereocenters. The number of rotatable bonds is 2. The largest absolute Gasteiger partial charge is 0.368 e. The second kappa shape index (κ2) is 5.86. The van der Waals surface area contributed by atoms with Crippen LogP contribution in [0.1, 0.15) is 41.6 Å². The third kappa shape index (κ3) is 2.51. The van der Waals surface area contributed by atoms with Gasteiger partial charge in [-0.15, -0.1) is 0 Å². The number of anilines is 1. The van der Waals surface area contributed by atoms with Crippen LogP contribution in [0.3, 0.4) is 0 Å². The molecular weight excluding hydrogens is 318 g/mol. The first-order chi connectivity index (χ1) is 12.0. The molecule has 0 aromatic heterocycles. The molecule has 4 rings (SSSR count). The highest BCUT2D eigenvalue weighted by Gasteiger charge is 2.48. The normalized spacial score (nSPS) is 28.0. The minimum Gasteiger partial charge on any atom is -0.368 e. The molecule has 1 saturated carbocycles. The molecule has 2 aliphatic heterocycles. The monoisotopic (exact) mass is 341 g/mol. The number of nitrogens with two attached hydrogens (primary N) is 1. The summed E-state index contributed by atoms with van der Waals surface area (Å²) < 4.78 is 0. The van der Waals surface area contributed by atoms with E-state index in [0.29, 0.717) is 30.9 Å². The van der Waals surface area contributed by atoms with Crippen LogP contribution >= 0.6 is 0 Å². The Bertz CT molecular complexity index is 760. The fourth-order valence-corrected chi connectivity index (χ4v) is 4.83. The van der Waals surface area contributed by atoms with Gasteiger partial charge in [0.1, 0.15) is 6.04 Å². The van der Waals surface area contributed by atoms with Crippen molar-refractivity contribution in [2.45, 2.75) is 38.1 Å². The molecule has 2 heterocycles. The number of aryl methyl sites for hydroxylation is 1. The molecule has 1 aromatic carbocycles. The molecule has 2 fully saturated rings. The van der Waals surface area contributed by atoms with Crippen LogP contribution in [0.25, 0.3) is 0 Å². The summed E-state index contributed by atoms with van der Waals surface area (Å²) in [4.78, 5) is 40.2. The van der Waals surface area contributed by atoms with Gasteiger partial charge in [0.05, 0.1) is 0 Å². The summed E-state index contributed by atoms with van der Waals surface area (Å²) in [6, 6.07) is 4.96. The van der Waals surface area contributed by atoms with Crippen molar-refractivity contribution < 1.29 is 14.4 Å². The lowest BCUT2D eigenvalue weighted by Crippen LogP contribution is -2.46. The second-order valence-electron chi connectivity index (χ2n) is 7.46. The van der Waals surface area contributed by atoms with Gasteiger partial charge in [-0.3, -0.25) is 14.4 Å².